The first kappa shape index (κ1) is 17.7. The van der Waals surface area contributed by atoms with Gasteiger partial charge in [-0.1, -0.05) is 38.5 Å². The minimum atomic E-state index is -0.188. The molecule has 0 aromatic rings. The number of hydrogen-bond donors (Lipinski definition) is 0. The third kappa shape index (κ3) is 3.76. The highest BCUT2D eigenvalue weighted by Crippen LogP contribution is 2.32. The van der Waals surface area contributed by atoms with Crippen molar-refractivity contribution in [3.05, 3.63) is 0 Å². The van der Waals surface area contributed by atoms with Crippen LogP contribution in [0.4, 0.5) is 4.79 Å². The molecule has 0 aromatic heterocycles. The van der Waals surface area contributed by atoms with Crippen molar-refractivity contribution in [1.82, 2.24) is 9.80 Å². The number of imide groups is 1. The summed E-state index contributed by atoms with van der Waals surface area (Å²) < 4.78 is 5.56. The molecule has 5 nitrogen and oxygen atoms in total. The average molecular weight is 336 g/mol. The quantitative estimate of drug-likeness (QED) is 0.771. The van der Waals surface area contributed by atoms with E-state index in [9.17, 15) is 9.59 Å². The molecule has 5 heteroatoms. The minimum Gasteiger partial charge on any atom is -0.381 e. The molecule has 0 bridgehead atoms. The molecule has 1 atom stereocenters. The van der Waals surface area contributed by atoms with Crippen molar-refractivity contribution < 1.29 is 14.3 Å². The van der Waals surface area contributed by atoms with Crippen LogP contribution in [-0.2, 0) is 9.53 Å². The summed E-state index contributed by atoms with van der Waals surface area (Å²) in [4.78, 5) is 29.8. The summed E-state index contributed by atoms with van der Waals surface area (Å²) in [5.41, 5.74) is 0. The highest BCUT2D eigenvalue weighted by atomic mass is 16.5. The van der Waals surface area contributed by atoms with Crippen molar-refractivity contribution in [2.75, 3.05) is 19.8 Å². The van der Waals surface area contributed by atoms with E-state index in [1.807, 2.05) is 11.8 Å². The smallest absolute Gasteiger partial charge is 0.327 e. The van der Waals surface area contributed by atoms with Crippen molar-refractivity contribution in [3.8, 4) is 0 Å². The molecule has 136 valence electrons. The lowest BCUT2D eigenvalue weighted by Gasteiger charge is -2.46. The van der Waals surface area contributed by atoms with Crippen molar-refractivity contribution in [2.24, 2.45) is 5.92 Å². The van der Waals surface area contributed by atoms with Crippen LogP contribution in [0, 0.1) is 5.92 Å². The van der Waals surface area contributed by atoms with Crippen LogP contribution in [0.25, 0.3) is 0 Å². The van der Waals surface area contributed by atoms with Gasteiger partial charge in [-0.3, -0.25) is 9.69 Å². The molecular formula is C19H32N2O3. The Bertz CT molecular complexity index is 442. The van der Waals surface area contributed by atoms with Gasteiger partial charge in [0.2, 0.25) is 5.91 Å². The maximum absolute atomic E-state index is 13.1. The van der Waals surface area contributed by atoms with Gasteiger partial charge in [-0.25, -0.2) is 4.79 Å². The number of carbonyl (C=O) groups is 2. The summed E-state index contributed by atoms with van der Waals surface area (Å²) in [6.45, 7) is 3.56. The molecule has 1 saturated heterocycles. The fourth-order valence-electron chi connectivity index (χ4n) is 4.58. The van der Waals surface area contributed by atoms with Crippen LogP contribution < -0.4 is 0 Å². The Labute approximate surface area is 145 Å². The van der Waals surface area contributed by atoms with Crippen LogP contribution >= 0.6 is 0 Å². The summed E-state index contributed by atoms with van der Waals surface area (Å²) in [7, 11) is 0. The van der Waals surface area contributed by atoms with Gasteiger partial charge in [-0.15, -0.1) is 0 Å². The number of nitrogens with zero attached hydrogens (tertiary/aromatic N) is 2. The van der Waals surface area contributed by atoms with Gasteiger partial charge in [0.1, 0.15) is 0 Å². The van der Waals surface area contributed by atoms with E-state index >= 15 is 0 Å². The molecule has 0 radical (unpaired) electrons. The van der Waals surface area contributed by atoms with Crippen LogP contribution in [0.2, 0.25) is 0 Å². The zero-order chi connectivity index (χ0) is 16.9. The number of urea groups is 1. The van der Waals surface area contributed by atoms with Gasteiger partial charge in [0.05, 0.1) is 12.5 Å². The Kier molecular flexibility index (Phi) is 6.14. The summed E-state index contributed by atoms with van der Waals surface area (Å²) in [5.74, 6) is -0.182. The molecule has 24 heavy (non-hydrogen) atoms. The monoisotopic (exact) mass is 336 g/mol. The maximum atomic E-state index is 13.1. The summed E-state index contributed by atoms with van der Waals surface area (Å²) >= 11 is 0. The van der Waals surface area contributed by atoms with E-state index in [4.69, 9.17) is 4.74 Å². The lowest BCUT2D eigenvalue weighted by atomic mass is 9.90. The first-order chi connectivity index (χ1) is 11.7. The van der Waals surface area contributed by atoms with E-state index in [2.05, 4.69) is 0 Å². The second-order valence-electron chi connectivity index (χ2n) is 7.58. The van der Waals surface area contributed by atoms with E-state index in [0.717, 1.165) is 38.5 Å². The zero-order valence-corrected chi connectivity index (χ0v) is 15.0. The van der Waals surface area contributed by atoms with E-state index in [0.29, 0.717) is 25.8 Å². The van der Waals surface area contributed by atoms with Crippen LogP contribution in [0.3, 0.4) is 0 Å². The molecular weight excluding hydrogens is 304 g/mol. The number of hydrogen-bond acceptors (Lipinski definition) is 3. The predicted octanol–water partition coefficient (Wildman–Crippen LogP) is 3.57. The highest BCUT2D eigenvalue weighted by Gasteiger charge is 2.44. The molecule has 1 heterocycles. The molecule has 0 N–H and O–H groups in total. The summed E-state index contributed by atoms with van der Waals surface area (Å²) in [5, 5.41) is 0. The standard InChI is InChI=1S/C19H32N2O3/c1-2-24-14-15-13-20(16-9-5-3-6-10-16)19(23)21(18(15)22)17-11-7-4-8-12-17/h15-17H,2-14H2,1H3. The summed E-state index contributed by atoms with van der Waals surface area (Å²) in [6, 6.07) is 0.399. The topological polar surface area (TPSA) is 49.9 Å². The molecule has 1 unspecified atom stereocenters. The fraction of sp³-hybridized carbons (Fsp3) is 0.895. The largest absolute Gasteiger partial charge is 0.381 e. The van der Waals surface area contributed by atoms with Crippen LogP contribution in [0.5, 0.6) is 0 Å². The van der Waals surface area contributed by atoms with Crippen molar-refractivity contribution in [3.63, 3.8) is 0 Å². The van der Waals surface area contributed by atoms with Crippen molar-refractivity contribution >= 4 is 11.9 Å². The van der Waals surface area contributed by atoms with Crippen molar-refractivity contribution in [2.45, 2.75) is 83.2 Å². The SMILES string of the molecule is CCOCC1CN(C2CCCCC2)C(=O)N(C2CCCCC2)C1=O. The van der Waals surface area contributed by atoms with Gasteiger partial charge in [0.25, 0.3) is 0 Å². The Balaban J connectivity index is 1.78. The first-order valence-corrected chi connectivity index (χ1v) is 9.93. The molecule has 2 aliphatic carbocycles. The normalized spacial score (nSPS) is 27.8. The lowest BCUT2D eigenvalue weighted by molar-refractivity contribution is -0.142. The van der Waals surface area contributed by atoms with Crippen molar-refractivity contribution in [1.29, 1.82) is 0 Å². The molecule has 0 aromatic carbocycles. The number of ether oxygens (including phenoxy) is 1. The van der Waals surface area contributed by atoms with Crippen LogP contribution in [-0.4, -0.2) is 53.6 Å². The Hall–Kier alpha value is -1.10. The average Bonchev–Trinajstić information content (AvgIpc) is 2.63. The maximum Gasteiger partial charge on any atom is 0.327 e. The molecule has 3 rings (SSSR count). The second-order valence-corrected chi connectivity index (χ2v) is 7.58. The Morgan fingerprint density at radius 1 is 0.917 bits per heavy atom. The molecule has 3 fully saturated rings. The number of rotatable bonds is 5. The van der Waals surface area contributed by atoms with Gasteiger partial charge in [0, 0.05) is 25.2 Å². The molecule has 3 amide bonds. The number of carbonyl (C=O) groups excluding carboxylic acids is 2. The molecule has 2 saturated carbocycles. The van der Waals surface area contributed by atoms with E-state index in [1.54, 1.807) is 4.90 Å². The molecule has 0 spiro atoms. The van der Waals surface area contributed by atoms with Gasteiger partial charge < -0.3 is 9.64 Å². The lowest BCUT2D eigenvalue weighted by Crippen LogP contribution is -2.63. The molecule has 1 aliphatic heterocycles. The number of amides is 3. The predicted molar refractivity (Wildman–Crippen MR) is 92.7 cm³/mol. The Morgan fingerprint density at radius 2 is 1.50 bits per heavy atom. The van der Waals surface area contributed by atoms with Gasteiger partial charge in [-0.2, -0.15) is 0 Å². The highest BCUT2D eigenvalue weighted by molar-refractivity contribution is 5.98. The van der Waals surface area contributed by atoms with Gasteiger partial charge in [0.15, 0.2) is 0 Å². The fourth-order valence-corrected chi connectivity index (χ4v) is 4.58. The first-order valence-electron chi connectivity index (χ1n) is 9.93. The summed E-state index contributed by atoms with van der Waals surface area (Å²) in [6.07, 6.45) is 11.2. The second kappa shape index (κ2) is 8.32. The van der Waals surface area contributed by atoms with Crippen LogP contribution in [0.1, 0.15) is 71.1 Å². The minimum absolute atomic E-state index is 0.00686. The zero-order valence-electron chi connectivity index (χ0n) is 15.0. The third-order valence-electron chi connectivity index (χ3n) is 5.93. The van der Waals surface area contributed by atoms with E-state index < -0.39 is 0 Å². The molecule has 3 aliphatic rings. The van der Waals surface area contributed by atoms with Crippen LogP contribution in [0.15, 0.2) is 0 Å². The van der Waals surface area contributed by atoms with Gasteiger partial charge >= 0.3 is 6.03 Å². The van der Waals surface area contributed by atoms with Gasteiger partial charge in [-0.05, 0) is 32.6 Å². The van der Waals surface area contributed by atoms with E-state index in [-0.39, 0.29) is 23.9 Å². The Morgan fingerprint density at radius 3 is 2.08 bits per heavy atom. The van der Waals surface area contributed by atoms with E-state index in [1.165, 1.54) is 25.7 Å². The third-order valence-corrected chi connectivity index (χ3v) is 5.93.